The van der Waals surface area contributed by atoms with Gasteiger partial charge in [-0.3, -0.25) is 4.79 Å². The fourth-order valence-electron chi connectivity index (χ4n) is 5.65. The number of carbonyl (C=O) groups is 1. The normalized spacial score (nSPS) is 17.4. The first-order valence-electron chi connectivity index (χ1n) is 11.9. The molecule has 0 unspecified atom stereocenters. The number of hydrogen-bond acceptors (Lipinski definition) is 3. The molecule has 178 valence electrons. The third-order valence-electron chi connectivity index (χ3n) is 7.33. The van der Waals surface area contributed by atoms with Gasteiger partial charge in [0.15, 0.2) is 0 Å². The molecule has 0 spiro atoms. The Morgan fingerprint density at radius 2 is 1.63 bits per heavy atom. The number of rotatable bonds is 3. The van der Waals surface area contributed by atoms with Gasteiger partial charge < -0.3 is 9.47 Å². The molecule has 1 aromatic heterocycles. The number of fused-ring (bicyclic) bond motifs is 3. The quantitative estimate of drug-likeness (QED) is 0.345. The van der Waals surface area contributed by atoms with Crippen molar-refractivity contribution in [1.82, 2.24) is 9.47 Å². The smallest absolute Gasteiger partial charge is 0.254 e. The lowest BCUT2D eigenvalue weighted by molar-refractivity contribution is 0.0601. The molecule has 3 aromatic carbocycles. The maximum Gasteiger partial charge on any atom is 0.254 e. The lowest BCUT2D eigenvalue weighted by Gasteiger charge is -2.40. The van der Waals surface area contributed by atoms with Crippen molar-refractivity contribution >= 4 is 38.2 Å². The second-order valence-corrected chi connectivity index (χ2v) is 11.8. The lowest BCUT2D eigenvalue weighted by atomic mass is 9.89. The summed E-state index contributed by atoms with van der Waals surface area (Å²) in [5.74, 6) is -0.0500. The summed E-state index contributed by atoms with van der Waals surface area (Å²) in [6.45, 7) is 3.52. The molecule has 0 N–H and O–H groups in total. The van der Waals surface area contributed by atoms with Crippen molar-refractivity contribution in [2.24, 2.45) is 0 Å². The molecule has 2 aliphatic rings. The Morgan fingerprint density at radius 1 is 0.943 bits per heavy atom. The van der Waals surface area contributed by atoms with Crippen molar-refractivity contribution in [2.75, 3.05) is 6.54 Å². The first kappa shape index (κ1) is 22.4. The van der Waals surface area contributed by atoms with Gasteiger partial charge in [-0.15, -0.1) is 0 Å². The van der Waals surface area contributed by atoms with Gasteiger partial charge in [-0.1, -0.05) is 23.2 Å². The molecular formula is C28H25ClN2O3S. The fraction of sp³-hybridized carbons (Fsp3) is 0.250. The van der Waals surface area contributed by atoms with Crippen LogP contribution in [0.4, 0.5) is 0 Å². The fourth-order valence-corrected chi connectivity index (χ4v) is 7.04. The minimum atomic E-state index is -3.68. The molecule has 0 saturated heterocycles. The lowest BCUT2D eigenvalue weighted by Crippen LogP contribution is -2.43. The summed E-state index contributed by atoms with van der Waals surface area (Å²) in [5.41, 5.74) is 5.67. The van der Waals surface area contributed by atoms with Crippen molar-refractivity contribution < 1.29 is 13.2 Å². The van der Waals surface area contributed by atoms with E-state index >= 15 is 0 Å². The first-order valence-corrected chi connectivity index (χ1v) is 13.7. The number of sulfone groups is 1. The highest BCUT2D eigenvalue weighted by Crippen LogP contribution is 2.43. The van der Waals surface area contributed by atoms with Gasteiger partial charge in [-0.05, 0) is 92.4 Å². The van der Waals surface area contributed by atoms with Crippen molar-refractivity contribution in [3.8, 4) is 0 Å². The number of benzene rings is 3. The van der Waals surface area contributed by atoms with Crippen molar-refractivity contribution in [3.63, 3.8) is 0 Å². The molecule has 5 nitrogen and oxygen atoms in total. The van der Waals surface area contributed by atoms with Gasteiger partial charge >= 0.3 is 0 Å². The van der Waals surface area contributed by atoms with Gasteiger partial charge in [0.2, 0.25) is 9.84 Å². The van der Waals surface area contributed by atoms with Crippen LogP contribution in [-0.4, -0.2) is 30.3 Å². The van der Waals surface area contributed by atoms with Crippen LogP contribution in [0.2, 0.25) is 5.02 Å². The summed E-state index contributed by atoms with van der Waals surface area (Å²) in [6, 6.07) is 19.1. The van der Waals surface area contributed by atoms with E-state index in [1.54, 1.807) is 24.3 Å². The zero-order valence-corrected chi connectivity index (χ0v) is 20.9. The van der Waals surface area contributed by atoms with Crippen LogP contribution < -0.4 is 0 Å². The third-order valence-corrected chi connectivity index (χ3v) is 9.36. The first-order chi connectivity index (χ1) is 16.8. The molecule has 1 atom stereocenters. The van der Waals surface area contributed by atoms with Crippen LogP contribution >= 0.6 is 11.6 Å². The van der Waals surface area contributed by atoms with E-state index in [1.807, 2.05) is 4.90 Å². The van der Waals surface area contributed by atoms with Crippen LogP contribution in [0.1, 0.15) is 46.1 Å². The van der Waals surface area contributed by atoms with E-state index in [9.17, 15) is 13.2 Å². The van der Waals surface area contributed by atoms with Crippen LogP contribution in [0.25, 0.3) is 10.9 Å². The van der Waals surface area contributed by atoms with Crippen LogP contribution in [0, 0.1) is 6.92 Å². The van der Waals surface area contributed by atoms with Crippen LogP contribution in [0.15, 0.2) is 76.5 Å². The topological polar surface area (TPSA) is 59.4 Å². The second kappa shape index (κ2) is 8.25. The highest BCUT2D eigenvalue weighted by Gasteiger charge is 2.37. The Balaban J connectivity index is 1.32. The van der Waals surface area contributed by atoms with Crippen molar-refractivity contribution in [2.45, 2.75) is 48.6 Å². The maximum atomic E-state index is 13.6. The largest absolute Gasteiger partial charge is 0.341 e. The summed E-state index contributed by atoms with van der Waals surface area (Å²) in [4.78, 5) is 15.9. The predicted molar refractivity (Wildman–Crippen MR) is 137 cm³/mol. The molecule has 4 aromatic rings. The van der Waals surface area contributed by atoms with Crippen LogP contribution in [0.5, 0.6) is 0 Å². The van der Waals surface area contributed by atoms with Gasteiger partial charge in [0.1, 0.15) is 0 Å². The minimum absolute atomic E-state index is 0.0465. The Morgan fingerprint density at radius 3 is 2.34 bits per heavy atom. The molecule has 0 fully saturated rings. The van der Waals surface area contributed by atoms with Gasteiger partial charge in [-0.25, -0.2) is 8.42 Å². The summed E-state index contributed by atoms with van der Waals surface area (Å²) in [6.07, 6.45) is 3.03. The van der Waals surface area contributed by atoms with Crippen LogP contribution in [-0.2, 0) is 22.8 Å². The molecule has 7 heteroatoms. The molecule has 2 heterocycles. The Kier molecular flexibility index (Phi) is 5.27. The zero-order valence-electron chi connectivity index (χ0n) is 19.4. The molecule has 1 aliphatic heterocycles. The van der Waals surface area contributed by atoms with E-state index < -0.39 is 9.84 Å². The molecule has 0 radical (unpaired) electrons. The monoisotopic (exact) mass is 504 g/mol. The number of halogens is 1. The number of aromatic nitrogens is 1. The average molecular weight is 505 g/mol. The second-order valence-electron chi connectivity index (χ2n) is 9.42. The summed E-state index contributed by atoms with van der Waals surface area (Å²) >= 11 is 5.90. The van der Waals surface area contributed by atoms with Gasteiger partial charge in [0.25, 0.3) is 5.91 Å². The molecule has 1 aliphatic carbocycles. The third kappa shape index (κ3) is 3.58. The SMILES string of the molecule is Cc1ccc2c(c1)c1c3n2CCN(C(=O)c2ccc(S(=O)(=O)c4ccc(Cl)cc4)cc2)[C@@H]3CCC1. The van der Waals surface area contributed by atoms with E-state index in [-0.39, 0.29) is 21.7 Å². The Hall–Kier alpha value is -3.09. The highest BCUT2D eigenvalue weighted by atomic mass is 35.5. The Bertz CT molecular complexity index is 1570. The van der Waals surface area contributed by atoms with Gasteiger partial charge in [0, 0.05) is 40.3 Å². The minimum Gasteiger partial charge on any atom is -0.341 e. The van der Waals surface area contributed by atoms with E-state index in [0.29, 0.717) is 17.1 Å². The van der Waals surface area contributed by atoms with E-state index in [2.05, 4.69) is 29.7 Å². The number of aryl methyl sites for hydroxylation is 2. The Labute approximate surface area is 209 Å². The standard InChI is InChI=1S/C28H25ClN2O3S/c1-18-5-14-25-24(17-18)23-3-2-4-26-27(23)30(25)15-16-31(26)28(32)19-6-10-21(11-7-19)35(33,34)22-12-8-20(29)9-13-22/h5-14,17,26H,2-4,15-16H2,1H3/t26-/m1/s1. The number of carbonyl (C=O) groups excluding carboxylic acids is 1. The predicted octanol–water partition coefficient (Wildman–Crippen LogP) is 5.97. The molecular weight excluding hydrogens is 480 g/mol. The van der Waals surface area contributed by atoms with Gasteiger partial charge in [-0.2, -0.15) is 0 Å². The highest BCUT2D eigenvalue weighted by molar-refractivity contribution is 7.91. The van der Waals surface area contributed by atoms with Gasteiger partial charge in [0.05, 0.1) is 15.8 Å². The zero-order chi connectivity index (χ0) is 24.3. The van der Waals surface area contributed by atoms with Crippen molar-refractivity contribution in [1.29, 1.82) is 0 Å². The number of amides is 1. The molecule has 0 saturated carbocycles. The van der Waals surface area contributed by atoms with E-state index in [4.69, 9.17) is 11.6 Å². The summed E-state index contributed by atoms with van der Waals surface area (Å²) in [7, 11) is -3.68. The average Bonchev–Trinajstić information content (AvgIpc) is 3.18. The molecule has 6 rings (SSSR count). The summed E-state index contributed by atoms with van der Waals surface area (Å²) in [5, 5.41) is 1.79. The van der Waals surface area contributed by atoms with Crippen LogP contribution in [0.3, 0.4) is 0 Å². The number of hydrogen-bond donors (Lipinski definition) is 0. The molecule has 35 heavy (non-hydrogen) atoms. The van der Waals surface area contributed by atoms with Crippen molar-refractivity contribution in [3.05, 3.63) is 94.1 Å². The molecule has 0 bridgehead atoms. The molecule has 1 amide bonds. The van der Waals surface area contributed by atoms with E-state index in [0.717, 1.165) is 25.8 Å². The maximum absolute atomic E-state index is 13.6. The number of nitrogens with zero attached hydrogens (tertiary/aromatic N) is 2. The summed E-state index contributed by atoms with van der Waals surface area (Å²) < 4.78 is 28.4. The van der Waals surface area contributed by atoms with E-state index in [1.165, 1.54) is 52.0 Å².